The monoisotopic (exact) mass is 346 g/mol. The first-order valence-corrected chi connectivity index (χ1v) is 7.69. The number of nitrogens with one attached hydrogen (secondary N) is 2. The fourth-order valence-electron chi connectivity index (χ4n) is 1.96. The summed E-state index contributed by atoms with van der Waals surface area (Å²) in [5.41, 5.74) is 0.989. The molecule has 0 aliphatic rings. The molecule has 0 spiro atoms. The summed E-state index contributed by atoms with van der Waals surface area (Å²) in [6, 6.07) is 6.49. The van der Waals surface area contributed by atoms with Crippen molar-refractivity contribution in [2.24, 2.45) is 0 Å². The molecule has 2 N–H and O–H groups in total. The van der Waals surface area contributed by atoms with Crippen molar-refractivity contribution in [3.8, 4) is 0 Å². The first-order valence-electron chi connectivity index (χ1n) is 7.69. The molecule has 0 atom stereocenters. The molecule has 8 nitrogen and oxygen atoms in total. The molecular formula is C17H22N4O4. The minimum atomic E-state index is -0.572. The van der Waals surface area contributed by atoms with Crippen molar-refractivity contribution in [2.75, 3.05) is 17.7 Å². The van der Waals surface area contributed by atoms with Crippen LogP contribution in [0.2, 0.25) is 0 Å². The minimum Gasteiger partial charge on any atom is -0.444 e. The summed E-state index contributed by atoms with van der Waals surface area (Å²) in [4.78, 5) is 23.9. The van der Waals surface area contributed by atoms with E-state index in [1.165, 1.54) is 6.20 Å². The zero-order valence-corrected chi connectivity index (χ0v) is 14.7. The van der Waals surface area contributed by atoms with Crippen molar-refractivity contribution in [1.82, 2.24) is 9.78 Å². The van der Waals surface area contributed by atoms with E-state index in [2.05, 4.69) is 15.7 Å². The van der Waals surface area contributed by atoms with Crippen molar-refractivity contribution >= 4 is 23.4 Å². The van der Waals surface area contributed by atoms with E-state index in [0.717, 1.165) is 0 Å². The van der Waals surface area contributed by atoms with Gasteiger partial charge in [0.25, 0.3) is 5.91 Å². The fourth-order valence-corrected chi connectivity index (χ4v) is 1.96. The Hall–Kier alpha value is -2.87. The average molecular weight is 346 g/mol. The topological polar surface area (TPSA) is 94.5 Å². The summed E-state index contributed by atoms with van der Waals surface area (Å²) in [5.74, 6) is -0.277. The van der Waals surface area contributed by atoms with E-state index in [-0.39, 0.29) is 5.91 Å². The minimum absolute atomic E-state index is 0.277. The predicted molar refractivity (Wildman–Crippen MR) is 93.5 cm³/mol. The number of aromatic nitrogens is 2. The number of carbonyl (C=O) groups excluding carboxylic acids is 2. The number of hydrogen-bond acceptors (Lipinski definition) is 5. The van der Waals surface area contributed by atoms with Crippen LogP contribution in [0.3, 0.4) is 0 Å². The molecule has 8 heteroatoms. The van der Waals surface area contributed by atoms with Crippen molar-refractivity contribution in [3.63, 3.8) is 0 Å². The number of anilines is 2. The van der Waals surface area contributed by atoms with Gasteiger partial charge in [0.1, 0.15) is 12.3 Å². The fraction of sp³-hybridized carbons (Fsp3) is 0.353. The smallest absolute Gasteiger partial charge is 0.412 e. The number of nitrogens with zero attached hydrogens (tertiary/aromatic N) is 2. The standard InChI is InChI=1S/C17H22N4O4/c1-17(2,3)25-16(23)20-13-7-5-12(6-8-13)15(22)19-14-9-18-21(10-14)11-24-4/h5-10H,11H2,1-4H3,(H,19,22)(H,20,23). The van der Waals surface area contributed by atoms with Gasteiger partial charge in [0.05, 0.1) is 18.1 Å². The van der Waals surface area contributed by atoms with Gasteiger partial charge >= 0.3 is 6.09 Å². The van der Waals surface area contributed by atoms with Gasteiger partial charge in [-0.15, -0.1) is 0 Å². The van der Waals surface area contributed by atoms with Crippen LogP contribution in [0.1, 0.15) is 31.1 Å². The summed E-state index contributed by atoms with van der Waals surface area (Å²) in [7, 11) is 1.56. The summed E-state index contributed by atoms with van der Waals surface area (Å²) in [5, 5.41) is 9.39. The molecule has 2 rings (SSSR count). The van der Waals surface area contributed by atoms with Gasteiger partial charge in [0.15, 0.2) is 0 Å². The molecule has 0 saturated carbocycles. The maximum Gasteiger partial charge on any atom is 0.412 e. The van der Waals surface area contributed by atoms with E-state index >= 15 is 0 Å². The maximum absolute atomic E-state index is 12.2. The molecule has 0 saturated heterocycles. The second-order valence-electron chi connectivity index (χ2n) is 6.34. The van der Waals surface area contributed by atoms with Crippen molar-refractivity contribution in [3.05, 3.63) is 42.2 Å². The van der Waals surface area contributed by atoms with E-state index in [0.29, 0.717) is 23.7 Å². The highest BCUT2D eigenvalue weighted by molar-refractivity contribution is 6.04. The SMILES string of the molecule is COCn1cc(NC(=O)c2ccc(NC(=O)OC(C)(C)C)cc2)cn1. The quantitative estimate of drug-likeness (QED) is 0.867. The Bertz CT molecular complexity index is 732. The molecule has 134 valence electrons. The molecule has 0 aliphatic carbocycles. The summed E-state index contributed by atoms with van der Waals surface area (Å²) in [6.45, 7) is 5.67. The third-order valence-electron chi connectivity index (χ3n) is 2.94. The average Bonchev–Trinajstić information content (AvgIpc) is 2.93. The van der Waals surface area contributed by atoms with Crippen LogP contribution in [0.15, 0.2) is 36.7 Å². The van der Waals surface area contributed by atoms with Gasteiger partial charge in [-0.25, -0.2) is 9.48 Å². The molecule has 0 unspecified atom stereocenters. The second kappa shape index (κ2) is 7.80. The Labute approximate surface area is 146 Å². The van der Waals surface area contributed by atoms with E-state index < -0.39 is 11.7 Å². The Morgan fingerprint density at radius 2 is 1.80 bits per heavy atom. The first-order chi connectivity index (χ1) is 11.8. The van der Waals surface area contributed by atoms with Crippen LogP contribution in [-0.2, 0) is 16.2 Å². The van der Waals surface area contributed by atoms with Crippen molar-refractivity contribution in [2.45, 2.75) is 33.1 Å². The van der Waals surface area contributed by atoms with E-state index in [9.17, 15) is 9.59 Å². The highest BCUT2D eigenvalue weighted by Gasteiger charge is 2.16. The largest absolute Gasteiger partial charge is 0.444 e. The highest BCUT2D eigenvalue weighted by atomic mass is 16.6. The van der Waals surface area contributed by atoms with Gasteiger partial charge < -0.3 is 14.8 Å². The van der Waals surface area contributed by atoms with Crippen LogP contribution in [0, 0.1) is 0 Å². The van der Waals surface area contributed by atoms with Crippen LogP contribution in [0.5, 0.6) is 0 Å². The summed E-state index contributed by atoms with van der Waals surface area (Å²) >= 11 is 0. The number of amides is 2. The van der Waals surface area contributed by atoms with Crippen molar-refractivity contribution < 1.29 is 19.1 Å². The number of carbonyl (C=O) groups is 2. The van der Waals surface area contributed by atoms with Gasteiger partial charge in [0, 0.05) is 18.4 Å². The molecule has 2 amide bonds. The lowest BCUT2D eigenvalue weighted by atomic mass is 10.2. The summed E-state index contributed by atoms with van der Waals surface area (Å²) in [6.07, 6.45) is 2.66. The van der Waals surface area contributed by atoms with Crippen LogP contribution in [0.25, 0.3) is 0 Å². The summed E-state index contributed by atoms with van der Waals surface area (Å²) < 4.78 is 11.7. The Balaban J connectivity index is 1.94. The number of hydrogen-bond donors (Lipinski definition) is 2. The molecule has 1 aromatic heterocycles. The van der Waals surface area contributed by atoms with Gasteiger partial charge in [-0.1, -0.05) is 0 Å². The Morgan fingerprint density at radius 1 is 1.12 bits per heavy atom. The number of rotatable bonds is 5. The van der Waals surface area contributed by atoms with Crippen LogP contribution < -0.4 is 10.6 Å². The lowest BCUT2D eigenvalue weighted by molar-refractivity contribution is 0.0636. The molecule has 25 heavy (non-hydrogen) atoms. The second-order valence-corrected chi connectivity index (χ2v) is 6.34. The lowest BCUT2D eigenvalue weighted by Gasteiger charge is -2.19. The van der Waals surface area contributed by atoms with Crippen molar-refractivity contribution in [1.29, 1.82) is 0 Å². The van der Waals surface area contributed by atoms with E-state index in [1.807, 2.05) is 0 Å². The van der Waals surface area contributed by atoms with E-state index in [1.54, 1.807) is 63.0 Å². The molecule has 1 heterocycles. The highest BCUT2D eigenvalue weighted by Crippen LogP contribution is 2.14. The van der Waals surface area contributed by atoms with Gasteiger partial charge in [0.2, 0.25) is 0 Å². The molecule has 0 bridgehead atoms. The predicted octanol–water partition coefficient (Wildman–Crippen LogP) is 3.09. The third-order valence-corrected chi connectivity index (χ3v) is 2.94. The molecule has 1 aromatic carbocycles. The van der Waals surface area contributed by atoms with Crippen LogP contribution in [0.4, 0.5) is 16.2 Å². The molecule has 0 fully saturated rings. The molecular weight excluding hydrogens is 324 g/mol. The Kier molecular flexibility index (Phi) is 5.76. The van der Waals surface area contributed by atoms with Gasteiger partial charge in [-0.05, 0) is 45.0 Å². The lowest BCUT2D eigenvalue weighted by Crippen LogP contribution is -2.27. The number of methoxy groups -OCH3 is 1. The number of benzene rings is 1. The normalized spacial score (nSPS) is 11.0. The Morgan fingerprint density at radius 3 is 2.40 bits per heavy atom. The van der Waals surface area contributed by atoms with Gasteiger partial charge in [-0.3, -0.25) is 10.1 Å². The number of ether oxygens (including phenoxy) is 2. The zero-order chi connectivity index (χ0) is 18.4. The van der Waals surface area contributed by atoms with Crippen LogP contribution >= 0.6 is 0 Å². The first kappa shape index (κ1) is 18.5. The van der Waals surface area contributed by atoms with E-state index in [4.69, 9.17) is 9.47 Å². The zero-order valence-electron chi connectivity index (χ0n) is 14.7. The third kappa shape index (κ3) is 5.92. The maximum atomic E-state index is 12.2. The molecule has 0 radical (unpaired) electrons. The van der Waals surface area contributed by atoms with Gasteiger partial charge in [-0.2, -0.15) is 5.10 Å². The molecule has 2 aromatic rings. The van der Waals surface area contributed by atoms with Crippen LogP contribution in [-0.4, -0.2) is 34.5 Å². The molecule has 0 aliphatic heterocycles.